The second-order valence-electron chi connectivity index (χ2n) is 5.94. The summed E-state index contributed by atoms with van der Waals surface area (Å²) < 4.78 is 7.16. The first-order chi connectivity index (χ1) is 11.6. The highest BCUT2D eigenvalue weighted by atomic mass is 16.6. The van der Waals surface area contributed by atoms with Crippen LogP contribution in [0.4, 0.5) is 4.79 Å². The Bertz CT molecular complexity index is 595. The molecule has 0 aromatic carbocycles. The van der Waals surface area contributed by atoms with Crippen molar-refractivity contribution >= 4 is 12.2 Å². The van der Waals surface area contributed by atoms with Crippen molar-refractivity contribution in [3.05, 3.63) is 36.2 Å². The molecule has 132 valence electrons. The van der Waals surface area contributed by atoms with E-state index in [-0.39, 0.29) is 6.09 Å². The number of nitrogens with zero attached hydrogens (tertiary/aromatic N) is 3. The fraction of sp³-hybridized carbons (Fsp3) is 0.556. The second-order valence-corrected chi connectivity index (χ2v) is 5.94. The zero-order valence-corrected chi connectivity index (χ0v) is 14.4. The molecule has 1 aromatic rings. The minimum Gasteiger partial charge on any atom is -0.449 e. The highest BCUT2D eigenvalue weighted by Gasteiger charge is 2.29. The van der Waals surface area contributed by atoms with Gasteiger partial charge in [-0.3, -0.25) is 4.68 Å². The summed E-state index contributed by atoms with van der Waals surface area (Å²) in [6.45, 7) is 11.5. The van der Waals surface area contributed by atoms with Crippen LogP contribution in [-0.2, 0) is 17.8 Å². The number of unbranched alkanes of at least 4 members (excludes halogenated alkanes) is 1. The van der Waals surface area contributed by atoms with Crippen LogP contribution in [0.2, 0.25) is 0 Å². The van der Waals surface area contributed by atoms with E-state index in [0.717, 1.165) is 24.1 Å². The zero-order valence-electron chi connectivity index (χ0n) is 14.4. The van der Waals surface area contributed by atoms with Gasteiger partial charge in [0.2, 0.25) is 0 Å². The van der Waals surface area contributed by atoms with Gasteiger partial charge in [0.05, 0.1) is 37.2 Å². The van der Waals surface area contributed by atoms with Gasteiger partial charge in [-0.2, -0.15) is 5.10 Å². The van der Waals surface area contributed by atoms with E-state index in [1.165, 1.54) is 0 Å². The van der Waals surface area contributed by atoms with E-state index in [2.05, 4.69) is 25.2 Å². The summed E-state index contributed by atoms with van der Waals surface area (Å²) in [4.78, 5) is 13.9. The average Bonchev–Trinajstić information content (AvgIpc) is 2.97. The molecule has 0 saturated heterocycles. The molecule has 1 amide bonds. The topological polar surface area (TPSA) is 67.6 Å². The minimum atomic E-state index is -0.643. The Morgan fingerprint density at radius 2 is 2.25 bits per heavy atom. The van der Waals surface area contributed by atoms with E-state index in [9.17, 15) is 9.90 Å². The molecular weight excluding hydrogens is 306 g/mol. The predicted molar refractivity (Wildman–Crippen MR) is 93.4 cm³/mol. The first-order valence-electron chi connectivity index (χ1n) is 8.55. The van der Waals surface area contributed by atoms with Gasteiger partial charge in [0, 0.05) is 12.1 Å². The quantitative estimate of drug-likeness (QED) is 0.585. The van der Waals surface area contributed by atoms with Gasteiger partial charge in [0.15, 0.2) is 0 Å². The Morgan fingerprint density at radius 1 is 1.46 bits per heavy atom. The molecule has 2 rings (SSSR count). The number of amides is 1. The van der Waals surface area contributed by atoms with Crippen molar-refractivity contribution in [3.63, 3.8) is 0 Å². The van der Waals surface area contributed by atoms with Gasteiger partial charge in [-0.15, -0.1) is 6.58 Å². The van der Waals surface area contributed by atoms with Crippen molar-refractivity contribution < 1.29 is 14.6 Å². The average molecular weight is 333 g/mol. The van der Waals surface area contributed by atoms with Gasteiger partial charge in [0.25, 0.3) is 0 Å². The molecule has 1 aliphatic rings. The van der Waals surface area contributed by atoms with Crippen molar-refractivity contribution in [1.29, 1.82) is 0 Å². The number of carbonyl (C=O) groups excluding carboxylic acids is 1. The third-order valence-electron chi connectivity index (χ3n) is 4.20. The minimum absolute atomic E-state index is 0.303. The van der Waals surface area contributed by atoms with Crippen LogP contribution in [0.3, 0.4) is 0 Å². The van der Waals surface area contributed by atoms with Crippen LogP contribution >= 0.6 is 0 Å². The molecule has 1 aliphatic heterocycles. The van der Waals surface area contributed by atoms with Gasteiger partial charge >= 0.3 is 6.09 Å². The van der Waals surface area contributed by atoms with Crippen molar-refractivity contribution in [2.75, 3.05) is 13.2 Å². The monoisotopic (exact) mass is 333 g/mol. The number of rotatable bonds is 8. The smallest absolute Gasteiger partial charge is 0.410 e. The van der Waals surface area contributed by atoms with E-state index < -0.39 is 6.10 Å². The predicted octanol–water partition coefficient (Wildman–Crippen LogP) is 3.28. The molecule has 0 fully saturated rings. The Balaban J connectivity index is 2.16. The Kier molecular flexibility index (Phi) is 6.61. The lowest BCUT2D eigenvalue weighted by Gasteiger charge is -2.28. The number of allylic oxidation sites excluding steroid dienone is 1. The Labute approximate surface area is 143 Å². The summed E-state index contributed by atoms with van der Waals surface area (Å²) >= 11 is 0. The maximum atomic E-state index is 12.2. The molecule has 24 heavy (non-hydrogen) atoms. The lowest BCUT2D eigenvalue weighted by Crippen LogP contribution is -2.39. The summed E-state index contributed by atoms with van der Waals surface area (Å²) in [5.74, 6) is 0. The van der Waals surface area contributed by atoms with Crippen LogP contribution < -0.4 is 0 Å². The molecule has 0 saturated carbocycles. The number of aliphatic hydroxyl groups excluding tert-OH is 1. The molecular formula is C18H27N3O3. The number of carbonyl (C=O) groups is 1. The second kappa shape index (κ2) is 8.68. The van der Waals surface area contributed by atoms with E-state index >= 15 is 0 Å². The highest BCUT2D eigenvalue weighted by Crippen LogP contribution is 2.29. The molecule has 6 heteroatoms. The maximum absolute atomic E-state index is 12.2. The largest absolute Gasteiger partial charge is 0.449 e. The Morgan fingerprint density at radius 3 is 2.92 bits per heavy atom. The van der Waals surface area contributed by atoms with E-state index in [0.29, 0.717) is 44.8 Å². The van der Waals surface area contributed by atoms with E-state index in [1.54, 1.807) is 17.1 Å². The third-order valence-corrected chi connectivity index (χ3v) is 4.20. The summed E-state index contributed by atoms with van der Waals surface area (Å²) in [6, 6.07) is 0. The number of hydrogen-bond donors (Lipinski definition) is 1. The molecule has 6 nitrogen and oxygen atoms in total. The molecule has 1 N–H and O–H groups in total. The molecule has 0 aliphatic carbocycles. The van der Waals surface area contributed by atoms with Crippen LogP contribution in [-0.4, -0.2) is 39.0 Å². The van der Waals surface area contributed by atoms with Crippen molar-refractivity contribution in [2.24, 2.45) is 0 Å². The fourth-order valence-corrected chi connectivity index (χ4v) is 2.84. The molecule has 1 aromatic heterocycles. The third kappa shape index (κ3) is 4.06. The highest BCUT2D eigenvalue weighted by molar-refractivity contribution is 5.68. The van der Waals surface area contributed by atoms with Gasteiger partial charge in [0.1, 0.15) is 0 Å². The fourth-order valence-electron chi connectivity index (χ4n) is 2.84. The number of aromatic nitrogens is 2. The van der Waals surface area contributed by atoms with Crippen molar-refractivity contribution in [2.45, 2.75) is 51.8 Å². The number of ether oxygens (including phenoxy) is 1. The Hall–Kier alpha value is -2.08. The van der Waals surface area contributed by atoms with Crippen molar-refractivity contribution in [3.8, 4) is 0 Å². The van der Waals surface area contributed by atoms with Crippen LogP contribution in [0.1, 0.15) is 55.7 Å². The number of hydrogen-bond acceptors (Lipinski definition) is 4. The van der Waals surface area contributed by atoms with Gasteiger partial charge in [-0.25, -0.2) is 4.79 Å². The number of fused-ring (bicyclic) bond motifs is 1. The number of aliphatic hydroxyl groups is 1. The molecule has 1 atom stereocenters. The summed E-state index contributed by atoms with van der Waals surface area (Å²) in [6.07, 6.45) is 5.63. The van der Waals surface area contributed by atoms with Crippen molar-refractivity contribution in [1.82, 2.24) is 14.7 Å². The van der Waals surface area contributed by atoms with Crippen LogP contribution in [0.5, 0.6) is 0 Å². The normalized spacial score (nSPS) is 14.8. The van der Waals surface area contributed by atoms with Gasteiger partial charge in [-0.05, 0) is 25.3 Å². The van der Waals surface area contributed by atoms with Crippen LogP contribution in [0.25, 0.3) is 6.08 Å². The summed E-state index contributed by atoms with van der Waals surface area (Å²) in [5.41, 5.74) is 2.31. The van der Waals surface area contributed by atoms with Gasteiger partial charge in [-0.1, -0.05) is 26.0 Å². The lowest BCUT2D eigenvalue weighted by molar-refractivity contribution is 0.0892. The van der Waals surface area contributed by atoms with Crippen LogP contribution in [0.15, 0.2) is 19.2 Å². The standard InChI is InChI=1S/C18H27N3O3/c1-4-7-9-16(22)17-14(6-3)19-21-11-10-20(13-15(17)21)18(23)24-12-8-5-2/h4,6,16,22H,1,3,5,7-13H2,2H3. The molecule has 0 radical (unpaired) electrons. The molecule has 1 unspecified atom stereocenters. The van der Waals surface area contributed by atoms with Crippen LogP contribution in [0, 0.1) is 0 Å². The summed E-state index contributed by atoms with van der Waals surface area (Å²) in [7, 11) is 0. The summed E-state index contributed by atoms with van der Waals surface area (Å²) in [5, 5.41) is 15.0. The SMILES string of the molecule is C=CCCC(O)c1c(C=C)nn2c1CN(C(=O)OCCCC)CC2. The molecule has 0 bridgehead atoms. The van der Waals surface area contributed by atoms with E-state index in [1.807, 2.05) is 4.68 Å². The lowest BCUT2D eigenvalue weighted by atomic mass is 10.0. The molecule has 0 spiro atoms. The van der Waals surface area contributed by atoms with Gasteiger partial charge < -0.3 is 14.7 Å². The first-order valence-corrected chi connectivity index (χ1v) is 8.55. The molecule has 2 heterocycles. The van der Waals surface area contributed by atoms with E-state index in [4.69, 9.17) is 4.74 Å². The zero-order chi connectivity index (χ0) is 17.5. The first kappa shape index (κ1) is 18.3. The maximum Gasteiger partial charge on any atom is 0.410 e.